The fourth-order valence-electron chi connectivity index (χ4n) is 2.00. The largest absolute Gasteiger partial charge is 0.496 e. The maximum atomic E-state index is 6.26. The predicted molar refractivity (Wildman–Crippen MR) is 92.8 cm³/mol. The zero-order chi connectivity index (χ0) is 14.7. The Bertz CT molecular complexity index is 619. The molecule has 1 unspecified atom stereocenters. The number of hydrogen-bond donors (Lipinski definition) is 1. The van der Waals surface area contributed by atoms with Gasteiger partial charge in [0, 0.05) is 14.6 Å². The van der Waals surface area contributed by atoms with Crippen LogP contribution in [0.15, 0.2) is 36.4 Å². The van der Waals surface area contributed by atoms with Gasteiger partial charge < -0.3 is 10.5 Å². The fraction of sp³-hybridized carbons (Fsp3) is 0.200. The van der Waals surface area contributed by atoms with E-state index in [9.17, 15) is 0 Å². The van der Waals surface area contributed by atoms with Crippen molar-refractivity contribution in [3.63, 3.8) is 0 Å². The zero-order valence-corrected chi connectivity index (χ0v) is 14.5. The van der Waals surface area contributed by atoms with Gasteiger partial charge in [-0.15, -0.1) is 0 Å². The molecule has 2 aromatic rings. The summed E-state index contributed by atoms with van der Waals surface area (Å²) >= 11 is 14.4. The number of nitrogens with two attached hydrogens (primary N) is 1. The van der Waals surface area contributed by atoms with E-state index in [1.165, 1.54) is 0 Å². The monoisotopic (exact) mass is 421 g/mol. The molecule has 1 atom stereocenters. The number of ether oxygens (including phenoxy) is 1. The second-order valence-electron chi connectivity index (χ2n) is 4.44. The van der Waals surface area contributed by atoms with Crippen LogP contribution >= 0.6 is 45.8 Å². The molecule has 0 saturated heterocycles. The van der Waals surface area contributed by atoms with E-state index in [1.807, 2.05) is 30.3 Å². The van der Waals surface area contributed by atoms with Crippen LogP contribution in [0.5, 0.6) is 5.75 Å². The van der Waals surface area contributed by atoms with Gasteiger partial charge in [0.05, 0.1) is 12.1 Å². The maximum absolute atomic E-state index is 6.26. The first kappa shape index (κ1) is 15.9. The molecule has 0 aliphatic carbocycles. The second-order valence-corrected chi connectivity index (χ2v) is 6.45. The van der Waals surface area contributed by atoms with Crippen LogP contribution in [0.1, 0.15) is 17.2 Å². The molecule has 2 aromatic carbocycles. The van der Waals surface area contributed by atoms with Gasteiger partial charge in [-0.3, -0.25) is 0 Å². The average molecular weight is 422 g/mol. The maximum Gasteiger partial charge on any atom is 0.122 e. The number of halogens is 3. The molecule has 0 bridgehead atoms. The number of methoxy groups -OCH3 is 1. The van der Waals surface area contributed by atoms with Gasteiger partial charge in [-0.2, -0.15) is 0 Å². The lowest BCUT2D eigenvalue weighted by Gasteiger charge is -2.15. The summed E-state index contributed by atoms with van der Waals surface area (Å²) in [4.78, 5) is 0. The first-order valence-corrected chi connectivity index (χ1v) is 7.87. The molecule has 0 amide bonds. The van der Waals surface area contributed by atoms with E-state index in [2.05, 4.69) is 22.6 Å². The highest BCUT2D eigenvalue weighted by Crippen LogP contribution is 2.28. The van der Waals surface area contributed by atoms with Crippen LogP contribution in [-0.2, 0) is 6.42 Å². The molecule has 0 spiro atoms. The van der Waals surface area contributed by atoms with Gasteiger partial charge in [0.15, 0.2) is 0 Å². The van der Waals surface area contributed by atoms with E-state index < -0.39 is 0 Å². The smallest absolute Gasteiger partial charge is 0.122 e. The van der Waals surface area contributed by atoms with Crippen molar-refractivity contribution in [2.24, 2.45) is 5.73 Å². The van der Waals surface area contributed by atoms with Gasteiger partial charge in [0.2, 0.25) is 0 Å². The summed E-state index contributed by atoms with van der Waals surface area (Å²) < 4.78 is 6.35. The molecule has 2 nitrogen and oxygen atoms in total. The molecule has 2 rings (SSSR count). The van der Waals surface area contributed by atoms with Crippen molar-refractivity contribution < 1.29 is 4.74 Å². The first-order chi connectivity index (χ1) is 9.51. The standard InChI is InChI=1S/C15H14Cl2INO/c1-20-15-5-3-11(16)6-10(15)8-14(19)9-2-4-13(18)12(17)7-9/h2-7,14H,8,19H2,1H3. The second kappa shape index (κ2) is 6.98. The van der Waals surface area contributed by atoms with E-state index >= 15 is 0 Å². The minimum absolute atomic E-state index is 0.156. The Morgan fingerprint density at radius 1 is 1.20 bits per heavy atom. The van der Waals surface area contributed by atoms with Gasteiger partial charge in [0.1, 0.15) is 5.75 Å². The molecule has 0 aliphatic heterocycles. The van der Waals surface area contributed by atoms with Crippen molar-refractivity contribution in [2.75, 3.05) is 7.11 Å². The van der Waals surface area contributed by atoms with E-state index in [0.29, 0.717) is 11.4 Å². The van der Waals surface area contributed by atoms with Gasteiger partial charge in [-0.25, -0.2) is 0 Å². The van der Waals surface area contributed by atoms with Crippen molar-refractivity contribution in [3.8, 4) is 5.75 Å². The molecule has 2 N–H and O–H groups in total. The quantitative estimate of drug-likeness (QED) is 0.716. The summed E-state index contributed by atoms with van der Waals surface area (Å²) in [5.41, 5.74) is 8.25. The minimum atomic E-state index is -0.156. The van der Waals surface area contributed by atoms with Gasteiger partial charge >= 0.3 is 0 Å². The molecular formula is C15H14Cl2INO. The molecule has 0 aliphatic rings. The van der Waals surface area contributed by atoms with Crippen LogP contribution in [0, 0.1) is 3.57 Å². The number of rotatable bonds is 4. The van der Waals surface area contributed by atoms with Crippen molar-refractivity contribution in [2.45, 2.75) is 12.5 Å². The van der Waals surface area contributed by atoms with Crippen LogP contribution in [0.2, 0.25) is 10.0 Å². The third-order valence-corrected chi connectivity index (χ3v) is 4.86. The van der Waals surface area contributed by atoms with Gasteiger partial charge in [-0.05, 0) is 70.5 Å². The highest BCUT2D eigenvalue weighted by molar-refractivity contribution is 14.1. The van der Waals surface area contributed by atoms with Crippen LogP contribution in [0.25, 0.3) is 0 Å². The molecule has 0 saturated carbocycles. The highest BCUT2D eigenvalue weighted by Gasteiger charge is 2.12. The molecular weight excluding hydrogens is 408 g/mol. The normalized spacial score (nSPS) is 12.2. The lowest BCUT2D eigenvalue weighted by atomic mass is 9.99. The highest BCUT2D eigenvalue weighted by atomic mass is 127. The Balaban J connectivity index is 2.24. The van der Waals surface area contributed by atoms with E-state index in [1.54, 1.807) is 13.2 Å². The fourth-order valence-corrected chi connectivity index (χ4v) is 2.72. The molecule has 0 heterocycles. The summed E-state index contributed by atoms with van der Waals surface area (Å²) in [6.07, 6.45) is 0.640. The van der Waals surface area contributed by atoms with Gasteiger partial charge in [-0.1, -0.05) is 29.3 Å². The van der Waals surface area contributed by atoms with Crippen LogP contribution < -0.4 is 10.5 Å². The molecule has 5 heteroatoms. The van der Waals surface area contributed by atoms with Gasteiger partial charge in [0.25, 0.3) is 0 Å². The Labute approximate surface area is 142 Å². The molecule has 0 aromatic heterocycles. The van der Waals surface area contributed by atoms with Crippen LogP contribution in [0.3, 0.4) is 0 Å². The Kier molecular flexibility index (Phi) is 5.55. The topological polar surface area (TPSA) is 35.2 Å². The zero-order valence-electron chi connectivity index (χ0n) is 10.9. The lowest BCUT2D eigenvalue weighted by Crippen LogP contribution is -2.14. The molecule has 106 valence electrons. The summed E-state index contributed by atoms with van der Waals surface area (Å²) in [5, 5.41) is 1.39. The van der Waals surface area contributed by atoms with Crippen molar-refractivity contribution in [3.05, 3.63) is 61.1 Å². The summed E-state index contributed by atoms with van der Waals surface area (Å²) in [6, 6.07) is 11.3. The van der Waals surface area contributed by atoms with E-state index in [-0.39, 0.29) is 6.04 Å². The number of benzene rings is 2. The van der Waals surface area contributed by atoms with Crippen molar-refractivity contribution in [1.82, 2.24) is 0 Å². The first-order valence-electron chi connectivity index (χ1n) is 6.04. The minimum Gasteiger partial charge on any atom is -0.496 e. The predicted octanol–water partition coefficient (Wildman–Crippen LogP) is 4.85. The molecule has 0 fully saturated rings. The lowest BCUT2D eigenvalue weighted by molar-refractivity contribution is 0.408. The third kappa shape index (κ3) is 3.79. The number of hydrogen-bond acceptors (Lipinski definition) is 2. The van der Waals surface area contributed by atoms with Crippen molar-refractivity contribution >= 4 is 45.8 Å². The van der Waals surface area contributed by atoms with Crippen LogP contribution in [-0.4, -0.2) is 7.11 Å². The van der Waals surface area contributed by atoms with E-state index in [4.69, 9.17) is 33.7 Å². The van der Waals surface area contributed by atoms with Crippen LogP contribution in [0.4, 0.5) is 0 Å². The Morgan fingerprint density at radius 3 is 2.60 bits per heavy atom. The average Bonchev–Trinajstić information content (AvgIpc) is 2.42. The van der Waals surface area contributed by atoms with Crippen molar-refractivity contribution in [1.29, 1.82) is 0 Å². The summed E-state index contributed by atoms with van der Waals surface area (Å²) in [6.45, 7) is 0. The Morgan fingerprint density at radius 2 is 1.95 bits per heavy atom. The SMILES string of the molecule is COc1ccc(Cl)cc1CC(N)c1ccc(I)c(Cl)c1. The molecule has 0 radical (unpaired) electrons. The Hall–Kier alpha value is -0.490. The summed E-state index contributed by atoms with van der Waals surface area (Å²) in [7, 11) is 1.64. The third-order valence-electron chi connectivity index (χ3n) is 3.05. The van der Waals surface area contributed by atoms with E-state index in [0.717, 1.165) is 25.5 Å². The molecule has 20 heavy (non-hydrogen) atoms. The summed E-state index contributed by atoms with van der Waals surface area (Å²) in [5.74, 6) is 0.793.